The van der Waals surface area contributed by atoms with Gasteiger partial charge in [-0.2, -0.15) is 0 Å². The van der Waals surface area contributed by atoms with E-state index in [4.69, 9.17) is 24.2 Å². The summed E-state index contributed by atoms with van der Waals surface area (Å²) >= 11 is 0. The number of benzene rings is 2. The number of hydrogen-bond donors (Lipinski definition) is 2. The molecule has 6 rings (SSSR count). The van der Waals surface area contributed by atoms with Gasteiger partial charge in [0.2, 0.25) is 11.7 Å². The Labute approximate surface area is 326 Å². The molecule has 2 N–H and O–H groups in total. The van der Waals surface area contributed by atoms with Crippen LogP contribution in [0.1, 0.15) is 112 Å². The van der Waals surface area contributed by atoms with Gasteiger partial charge in [-0.1, -0.05) is 68.0 Å². The third kappa shape index (κ3) is 9.03. The van der Waals surface area contributed by atoms with Crippen LogP contribution < -0.4 is 9.47 Å². The minimum atomic E-state index is -1.27. The monoisotopic (exact) mass is 756 g/mol. The van der Waals surface area contributed by atoms with E-state index in [1.165, 1.54) is 25.7 Å². The van der Waals surface area contributed by atoms with Crippen LogP contribution in [0.15, 0.2) is 71.9 Å². The highest BCUT2D eigenvalue weighted by atomic mass is 16.7. The molecule has 298 valence electrons. The number of likely N-dealkylation sites (N-methyl/N-ethyl adjacent to an activating group) is 1. The molecule has 10 heteroatoms. The third-order valence-corrected chi connectivity index (χ3v) is 12.3. The zero-order valence-electron chi connectivity index (χ0n) is 32.7. The van der Waals surface area contributed by atoms with Crippen molar-refractivity contribution in [3.8, 4) is 17.2 Å². The fourth-order valence-corrected chi connectivity index (χ4v) is 9.70. The van der Waals surface area contributed by atoms with Gasteiger partial charge in [-0.05, 0) is 92.7 Å². The summed E-state index contributed by atoms with van der Waals surface area (Å²) in [4.78, 5) is 33.5. The summed E-state index contributed by atoms with van der Waals surface area (Å²) in [5.74, 6) is 0.934. The number of oxime groups is 1. The normalized spacial score (nSPS) is 26.4. The van der Waals surface area contributed by atoms with E-state index in [0.29, 0.717) is 61.0 Å². The number of fused-ring (bicyclic) bond motifs is 2. The molecule has 0 spiro atoms. The van der Waals surface area contributed by atoms with Crippen LogP contribution in [-0.2, 0) is 14.4 Å². The van der Waals surface area contributed by atoms with Crippen molar-refractivity contribution in [1.29, 1.82) is 0 Å². The first kappa shape index (κ1) is 40.7. The average molecular weight is 757 g/mol. The largest absolute Gasteiger partial charge is 0.459 e. The smallest absolute Gasteiger partial charge is 0.239 e. The molecule has 4 aliphatic rings. The Kier molecular flexibility index (Phi) is 14.2. The number of rotatable bonds is 20. The third-order valence-electron chi connectivity index (χ3n) is 12.3. The summed E-state index contributed by atoms with van der Waals surface area (Å²) in [5.41, 5.74) is 3.30. The SMILES string of the molecule is C=CCOC12Oc3ccc(Oc4cccc(C=O)c4)cc3C3C(CCCCO)C(CCCCO)C=C(C(=NOCC)CC1N(C)C(=O)CCC1CCCC1)C32. The van der Waals surface area contributed by atoms with Gasteiger partial charge < -0.3 is 34.2 Å². The number of aliphatic hydroxyl groups is 2. The average Bonchev–Trinajstić information content (AvgIpc) is 3.73. The number of nitrogens with zero attached hydrogens (tertiary/aromatic N) is 2. The lowest BCUT2D eigenvalue weighted by molar-refractivity contribution is -0.255. The zero-order valence-corrected chi connectivity index (χ0v) is 32.7. The first-order chi connectivity index (χ1) is 26.9. The van der Waals surface area contributed by atoms with E-state index >= 15 is 0 Å². The van der Waals surface area contributed by atoms with Gasteiger partial charge in [0.05, 0.1) is 18.2 Å². The van der Waals surface area contributed by atoms with Gasteiger partial charge in [0.25, 0.3) is 0 Å². The highest BCUT2D eigenvalue weighted by Crippen LogP contribution is 2.62. The number of carbonyl (C=O) groups excluding carboxylic acids is 2. The highest BCUT2D eigenvalue weighted by molar-refractivity contribution is 6.03. The minimum Gasteiger partial charge on any atom is -0.459 e. The maximum atomic E-state index is 14.2. The number of aliphatic hydroxyl groups excluding tert-OH is 2. The molecule has 1 amide bonds. The summed E-state index contributed by atoms with van der Waals surface area (Å²) in [6.45, 7) is 6.79. The van der Waals surface area contributed by atoms with Crippen molar-refractivity contribution in [3.05, 3.63) is 77.9 Å². The Morgan fingerprint density at radius 1 is 1.04 bits per heavy atom. The van der Waals surface area contributed by atoms with Gasteiger partial charge in [-0.25, -0.2) is 0 Å². The van der Waals surface area contributed by atoms with Crippen molar-refractivity contribution >= 4 is 17.9 Å². The number of allylic oxidation sites excluding steroid dienone is 1. The topological polar surface area (TPSA) is 127 Å². The van der Waals surface area contributed by atoms with Gasteiger partial charge >= 0.3 is 0 Å². The van der Waals surface area contributed by atoms with E-state index in [9.17, 15) is 19.8 Å². The molecule has 0 radical (unpaired) electrons. The van der Waals surface area contributed by atoms with E-state index in [1.807, 2.05) is 37.1 Å². The molecule has 2 aromatic carbocycles. The van der Waals surface area contributed by atoms with Crippen LogP contribution in [0.3, 0.4) is 0 Å². The highest BCUT2D eigenvalue weighted by Gasteiger charge is 2.65. The molecular weight excluding hydrogens is 697 g/mol. The molecule has 0 aromatic heterocycles. The number of carbonyl (C=O) groups is 2. The molecule has 1 heterocycles. The molecule has 3 aliphatic carbocycles. The molecule has 2 fully saturated rings. The second kappa shape index (κ2) is 19.2. The van der Waals surface area contributed by atoms with Crippen molar-refractivity contribution < 1.29 is 38.9 Å². The number of unbranched alkanes of at least 4 members (excludes halogenated alkanes) is 2. The molecule has 0 saturated heterocycles. The van der Waals surface area contributed by atoms with Gasteiger partial charge in [-0.3, -0.25) is 9.59 Å². The minimum absolute atomic E-state index is 0.0612. The van der Waals surface area contributed by atoms with Crippen LogP contribution in [0.2, 0.25) is 0 Å². The van der Waals surface area contributed by atoms with E-state index in [0.717, 1.165) is 55.2 Å². The molecule has 6 unspecified atom stereocenters. The molecule has 2 aromatic rings. The van der Waals surface area contributed by atoms with Crippen molar-refractivity contribution in [2.75, 3.05) is 33.5 Å². The Morgan fingerprint density at radius 2 is 1.80 bits per heavy atom. The predicted molar refractivity (Wildman–Crippen MR) is 212 cm³/mol. The van der Waals surface area contributed by atoms with Gasteiger partial charge in [0.1, 0.15) is 36.2 Å². The van der Waals surface area contributed by atoms with Crippen molar-refractivity contribution in [3.63, 3.8) is 0 Å². The van der Waals surface area contributed by atoms with Gasteiger partial charge in [0.15, 0.2) is 0 Å². The first-order valence-electron chi connectivity index (χ1n) is 20.6. The van der Waals surface area contributed by atoms with Crippen LogP contribution in [0.4, 0.5) is 0 Å². The van der Waals surface area contributed by atoms with E-state index in [1.54, 1.807) is 24.3 Å². The Balaban J connectivity index is 1.51. The molecule has 2 saturated carbocycles. The molecule has 55 heavy (non-hydrogen) atoms. The van der Waals surface area contributed by atoms with Crippen molar-refractivity contribution in [1.82, 2.24) is 4.90 Å². The molecule has 1 aliphatic heterocycles. The lowest BCUT2D eigenvalue weighted by Crippen LogP contribution is -2.69. The van der Waals surface area contributed by atoms with Crippen LogP contribution in [0.5, 0.6) is 17.2 Å². The fraction of sp³-hybridized carbons (Fsp3) is 0.578. The number of amides is 1. The second-order valence-corrected chi connectivity index (χ2v) is 15.7. The molecule has 6 atom stereocenters. The standard InChI is InChI=1S/C45H60N2O8/c1-4-25-52-45-41(47(3)42(51)22-19-31-13-6-7-14-31)29-39(46-53-5-2)37-27-33(16-8-10-23-48)36(18-9-11-24-49)43(44(37)45)38-28-35(20-21-40(38)55-45)54-34-17-12-15-32(26-34)30-50/h4,12,15,17,20-21,26-28,30-31,33,36,41,43-44,48-49H,1,5-11,13-14,16,18-19,22-25,29H2,2-3H3. The zero-order chi connectivity index (χ0) is 38.8. The first-order valence-corrected chi connectivity index (χ1v) is 20.6. The summed E-state index contributed by atoms with van der Waals surface area (Å²) in [6, 6.07) is 12.4. The van der Waals surface area contributed by atoms with Crippen LogP contribution >= 0.6 is 0 Å². The van der Waals surface area contributed by atoms with Crippen molar-refractivity contribution in [2.45, 2.75) is 108 Å². The van der Waals surface area contributed by atoms with E-state index in [2.05, 4.69) is 18.7 Å². The number of ether oxygens (including phenoxy) is 3. The Hall–Kier alpha value is -3.99. The Morgan fingerprint density at radius 3 is 2.53 bits per heavy atom. The van der Waals surface area contributed by atoms with E-state index in [-0.39, 0.29) is 49.4 Å². The van der Waals surface area contributed by atoms with E-state index < -0.39 is 11.8 Å². The maximum Gasteiger partial charge on any atom is 0.239 e. The molecule has 0 bridgehead atoms. The second-order valence-electron chi connectivity index (χ2n) is 15.7. The molecular formula is C45H60N2O8. The predicted octanol–water partition coefficient (Wildman–Crippen LogP) is 8.37. The Bertz CT molecular complexity index is 1680. The van der Waals surface area contributed by atoms with Crippen LogP contribution in [0.25, 0.3) is 0 Å². The maximum absolute atomic E-state index is 14.2. The summed E-state index contributed by atoms with van der Waals surface area (Å²) in [6.07, 6.45) is 16.2. The van der Waals surface area contributed by atoms with Crippen LogP contribution in [0, 0.1) is 23.7 Å². The van der Waals surface area contributed by atoms with Crippen molar-refractivity contribution in [2.24, 2.45) is 28.8 Å². The number of aldehydes is 1. The summed E-state index contributed by atoms with van der Waals surface area (Å²) in [5, 5.41) is 24.4. The van der Waals surface area contributed by atoms with Gasteiger partial charge in [0, 0.05) is 50.1 Å². The summed E-state index contributed by atoms with van der Waals surface area (Å²) in [7, 11) is 1.88. The fourth-order valence-electron chi connectivity index (χ4n) is 9.70. The number of hydrogen-bond acceptors (Lipinski definition) is 9. The molecule has 10 nitrogen and oxygen atoms in total. The van der Waals surface area contributed by atoms with Crippen LogP contribution in [-0.4, -0.2) is 78.3 Å². The lowest BCUT2D eigenvalue weighted by Gasteiger charge is -2.59. The summed E-state index contributed by atoms with van der Waals surface area (Å²) < 4.78 is 20.6. The quantitative estimate of drug-likeness (QED) is 0.0598. The lowest BCUT2D eigenvalue weighted by atomic mass is 9.55. The van der Waals surface area contributed by atoms with Gasteiger partial charge in [-0.15, -0.1) is 6.58 Å².